The van der Waals surface area contributed by atoms with E-state index in [2.05, 4.69) is 5.32 Å². The molecule has 0 aliphatic heterocycles. The molecule has 1 atom stereocenters. The number of hydrogen-bond acceptors (Lipinski definition) is 3. The van der Waals surface area contributed by atoms with Gasteiger partial charge in [0.2, 0.25) is 0 Å². The predicted octanol–water partition coefficient (Wildman–Crippen LogP) is 3.29. The highest BCUT2D eigenvalue weighted by atomic mass is 19.1. The number of rotatable bonds is 5. The molecule has 0 heterocycles. The highest BCUT2D eigenvalue weighted by Crippen LogP contribution is 2.32. The summed E-state index contributed by atoms with van der Waals surface area (Å²) in [6.45, 7) is 0. The van der Waals surface area contributed by atoms with Crippen molar-refractivity contribution < 1.29 is 18.3 Å². The normalized spacial score (nSPS) is 12.0. The maximum Gasteiger partial charge on any atom is 0.161 e. The van der Waals surface area contributed by atoms with Crippen molar-refractivity contribution in [1.29, 1.82) is 0 Å². The van der Waals surface area contributed by atoms with E-state index in [1.54, 1.807) is 26.3 Å². The van der Waals surface area contributed by atoms with E-state index in [1.165, 1.54) is 19.2 Å². The Morgan fingerprint density at radius 1 is 0.857 bits per heavy atom. The topological polar surface area (TPSA) is 30.5 Å². The molecule has 2 aromatic rings. The Labute approximate surface area is 122 Å². The third-order valence-corrected chi connectivity index (χ3v) is 3.25. The average molecular weight is 293 g/mol. The summed E-state index contributed by atoms with van der Waals surface area (Å²) in [5, 5.41) is 3.05. The monoisotopic (exact) mass is 293 g/mol. The molecule has 112 valence electrons. The van der Waals surface area contributed by atoms with E-state index in [4.69, 9.17) is 9.47 Å². The summed E-state index contributed by atoms with van der Waals surface area (Å²) in [6.07, 6.45) is 0. The predicted molar refractivity (Wildman–Crippen MR) is 76.8 cm³/mol. The van der Waals surface area contributed by atoms with Gasteiger partial charge >= 0.3 is 0 Å². The van der Waals surface area contributed by atoms with Gasteiger partial charge in [0.1, 0.15) is 11.6 Å². The summed E-state index contributed by atoms with van der Waals surface area (Å²) in [4.78, 5) is 0. The van der Waals surface area contributed by atoms with Crippen molar-refractivity contribution in [2.75, 3.05) is 21.3 Å². The molecule has 0 saturated heterocycles. The molecule has 2 aromatic carbocycles. The molecular weight excluding hydrogens is 276 g/mol. The number of methoxy groups -OCH3 is 2. The van der Waals surface area contributed by atoms with E-state index in [1.807, 2.05) is 6.07 Å². The molecule has 2 rings (SSSR count). The standard InChI is InChI=1S/C16H17F2NO2/c1-19-16(11-6-12(17)9-13(18)7-11)10-4-5-14(20-2)15(8-10)21-3/h4-9,16,19H,1-3H3. The third-order valence-electron chi connectivity index (χ3n) is 3.25. The number of hydrogen-bond donors (Lipinski definition) is 1. The van der Waals surface area contributed by atoms with Gasteiger partial charge in [-0.1, -0.05) is 6.07 Å². The molecule has 0 bridgehead atoms. The number of halogens is 2. The minimum Gasteiger partial charge on any atom is -0.493 e. The van der Waals surface area contributed by atoms with Crippen LogP contribution in [0.4, 0.5) is 8.78 Å². The molecule has 0 aromatic heterocycles. The van der Waals surface area contributed by atoms with Gasteiger partial charge < -0.3 is 14.8 Å². The fourth-order valence-electron chi connectivity index (χ4n) is 2.30. The first-order valence-electron chi connectivity index (χ1n) is 6.44. The zero-order valence-corrected chi connectivity index (χ0v) is 12.1. The van der Waals surface area contributed by atoms with Gasteiger partial charge in [-0.2, -0.15) is 0 Å². The summed E-state index contributed by atoms with van der Waals surface area (Å²) < 4.78 is 37.2. The van der Waals surface area contributed by atoms with Crippen molar-refractivity contribution in [3.05, 3.63) is 59.2 Å². The van der Waals surface area contributed by atoms with Crippen LogP contribution in [0.5, 0.6) is 11.5 Å². The van der Waals surface area contributed by atoms with Crippen molar-refractivity contribution in [3.8, 4) is 11.5 Å². The molecule has 0 aliphatic carbocycles. The summed E-state index contributed by atoms with van der Waals surface area (Å²) in [5.74, 6) is -0.0508. The van der Waals surface area contributed by atoms with Gasteiger partial charge in [-0.05, 0) is 42.4 Å². The molecule has 0 radical (unpaired) electrons. The molecule has 0 aliphatic rings. The van der Waals surface area contributed by atoms with Gasteiger partial charge in [-0.25, -0.2) is 8.78 Å². The van der Waals surface area contributed by atoms with Crippen molar-refractivity contribution in [1.82, 2.24) is 5.32 Å². The van der Waals surface area contributed by atoms with Crippen LogP contribution in [0.15, 0.2) is 36.4 Å². The van der Waals surface area contributed by atoms with Gasteiger partial charge in [0.25, 0.3) is 0 Å². The zero-order chi connectivity index (χ0) is 15.4. The Morgan fingerprint density at radius 2 is 1.48 bits per heavy atom. The van der Waals surface area contributed by atoms with Crippen molar-refractivity contribution in [3.63, 3.8) is 0 Å². The third kappa shape index (κ3) is 3.31. The van der Waals surface area contributed by atoms with E-state index in [0.29, 0.717) is 17.1 Å². The lowest BCUT2D eigenvalue weighted by molar-refractivity contribution is 0.354. The van der Waals surface area contributed by atoms with Crippen LogP contribution in [-0.2, 0) is 0 Å². The SMILES string of the molecule is CNC(c1cc(F)cc(F)c1)c1ccc(OC)c(OC)c1. The van der Waals surface area contributed by atoms with Crippen LogP contribution in [-0.4, -0.2) is 21.3 Å². The highest BCUT2D eigenvalue weighted by Gasteiger charge is 2.16. The number of benzene rings is 2. The molecular formula is C16H17F2NO2. The van der Waals surface area contributed by atoms with Gasteiger partial charge in [-0.15, -0.1) is 0 Å². The Morgan fingerprint density at radius 3 is 2.00 bits per heavy atom. The van der Waals surface area contributed by atoms with Crippen LogP contribution < -0.4 is 14.8 Å². The lowest BCUT2D eigenvalue weighted by Crippen LogP contribution is -2.18. The Hall–Kier alpha value is -2.14. The van der Waals surface area contributed by atoms with Crippen LogP contribution in [0.3, 0.4) is 0 Å². The fraction of sp³-hybridized carbons (Fsp3) is 0.250. The molecule has 21 heavy (non-hydrogen) atoms. The van der Waals surface area contributed by atoms with Crippen LogP contribution in [0.25, 0.3) is 0 Å². The molecule has 1 N–H and O–H groups in total. The molecule has 1 unspecified atom stereocenters. The number of nitrogens with one attached hydrogen (secondary N) is 1. The second-order valence-corrected chi connectivity index (χ2v) is 4.54. The van der Waals surface area contributed by atoms with E-state index < -0.39 is 11.6 Å². The van der Waals surface area contributed by atoms with Gasteiger partial charge in [0.05, 0.1) is 20.3 Å². The Balaban J connectivity index is 2.45. The maximum atomic E-state index is 13.4. The number of ether oxygens (including phenoxy) is 2. The highest BCUT2D eigenvalue weighted by molar-refractivity contribution is 5.46. The van der Waals surface area contributed by atoms with Gasteiger partial charge in [0, 0.05) is 6.07 Å². The Bertz CT molecular complexity index is 611. The maximum absolute atomic E-state index is 13.4. The van der Waals surface area contributed by atoms with Crippen LogP contribution in [0, 0.1) is 11.6 Å². The average Bonchev–Trinajstić information content (AvgIpc) is 2.46. The minimum absolute atomic E-state index is 0.352. The van der Waals surface area contributed by atoms with Crippen molar-refractivity contribution >= 4 is 0 Å². The smallest absolute Gasteiger partial charge is 0.161 e. The second-order valence-electron chi connectivity index (χ2n) is 4.54. The molecule has 0 fully saturated rings. The molecule has 0 saturated carbocycles. The molecule has 3 nitrogen and oxygen atoms in total. The fourth-order valence-corrected chi connectivity index (χ4v) is 2.30. The molecule has 0 amide bonds. The van der Waals surface area contributed by atoms with E-state index in [0.717, 1.165) is 11.6 Å². The van der Waals surface area contributed by atoms with Crippen LogP contribution >= 0.6 is 0 Å². The summed E-state index contributed by atoms with van der Waals surface area (Å²) in [5.41, 5.74) is 1.32. The second kappa shape index (κ2) is 6.54. The lowest BCUT2D eigenvalue weighted by Gasteiger charge is -2.19. The van der Waals surface area contributed by atoms with E-state index >= 15 is 0 Å². The van der Waals surface area contributed by atoms with E-state index in [9.17, 15) is 8.78 Å². The summed E-state index contributed by atoms with van der Waals surface area (Å²) in [7, 11) is 4.82. The Kier molecular flexibility index (Phi) is 4.75. The molecule has 5 heteroatoms. The van der Waals surface area contributed by atoms with Crippen LogP contribution in [0.2, 0.25) is 0 Å². The summed E-state index contributed by atoms with van der Waals surface area (Å²) in [6, 6.07) is 8.48. The van der Waals surface area contributed by atoms with Gasteiger partial charge in [0.15, 0.2) is 11.5 Å². The lowest BCUT2D eigenvalue weighted by atomic mass is 9.98. The quantitative estimate of drug-likeness (QED) is 0.917. The first kappa shape index (κ1) is 15.3. The summed E-state index contributed by atoms with van der Waals surface area (Å²) >= 11 is 0. The van der Waals surface area contributed by atoms with E-state index in [-0.39, 0.29) is 6.04 Å². The van der Waals surface area contributed by atoms with Crippen LogP contribution in [0.1, 0.15) is 17.2 Å². The van der Waals surface area contributed by atoms with Gasteiger partial charge in [-0.3, -0.25) is 0 Å². The van der Waals surface area contributed by atoms with Crippen molar-refractivity contribution in [2.24, 2.45) is 0 Å². The largest absolute Gasteiger partial charge is 0.493 e. The first-order valence-corrected chi connectivity index (χ1v) is 6.44. The first-order chi connectivity index (χ1) is 10.1. The molecule has 0 spiro atoms. The van der Waals surface area contributed by atoms with Crippen molar-refractivity contribution in [2.45, 2.75) is 6.04 Å². The zero-order valence-electron chi connectivity index (χ0n) is 12.1. The minimum atomic E-state index is -0.606.